The van der Waals surface area contributed by atoms with E-state index in [9.17, 15) is 9.59 Å². The van der Waals surface area contributed by atoms with Gasteiger partial charge in [-0.15, -0.1) is 0 Å². The number of likely N-dealkylation sites (N-methyl/N-ethyl adjacent to an activating group) is 1. The lowest BCUT2D eigenvalue weighted by Crippen LogP contribution is -2.25. The average molecular weight is 357 g/mol. The predicted octanol–water partition coefficient (Wildman–Crippen LogP) is 3.53. The first-order chi connectivity index (χ1) is 13.1. The van der Waals surface area contributed by atoms with Crippen LogP contribution in [0.1, 0.15) is 23.0 Å². The molecule has 134 valence electrons. The minimum atomic E-state index is -0.524. The number of rotatable bonds is 2. The maximum atomic E-state index is 13.1. The molecule has 0 spiro atoms. The maximum Gasteiger partial charge on any atom is 0.237 e. The van der Waals surface area contributed by atoms with E-state index in [1.807, 2.05) is 72.5 Å². The van der Waals surface area contributed by atoms with E-state index in [4.69, 9.17) is 0 Å². The highest BCUT2D eigenvalue weighted by Crippen LogP contribution is 2.45. The molecule has 0 saturated carbocycles. The zero-order chi connectivity index (χ0) is 18.7. The van der Waals surface area contributed by atoms with Crippen molar-refractivity contribution in [2.75, 3.05) is 7.05 Å². The smallest absolute Gasteiger partial charge is 0.237 e. The number of hydrogen-bond donors (Lipinski definition) is 1. The molecule has 2 aromatic carbocycles. The van der Waals surface area contributed by atoms with Gasteiger partial charge in [0.15, 0.2) is 0 Å². The summed E-state index contributed by atoms with van der Waals surface area (Å²) in [6.07, 6.45) is 3.86. The van der Waals surface area contributed by atoms with Crippen molar-refractivity contribution in [3.63, 3.8) is 0 Å². The number of aromatic nitrogens is 2. The lowest BCUT2D eigenvalue weighted by Gasteiger charge is -2.14. The summed E-state index contributed by atoms with van der Waals surface area (Å²) in [6, 6.07) is 15.9. The van der Waals surface area contributed by atoms with Crippen LogP contribution in [0.25, 0.3) is 21.8 Å². The van der Waals surface area contributed by atoms with Crippen molar-refractivity contribution in [2.45, 2.75) is 11.8 Å². The van der Waals surface area contributed by atoms with E-state index in [0.29, 0.717) is 0 Å². The van der Waals surface area contributed by atoms with Crippen LogP contribution in [0.15, 0.2) is 60.9 Å². The first-order valence-electron chi connectivity index (χ1n) is 8.99. The Bertz CT molecular complexity index is 1220. The third-order valence-corrected chi connectivity index (χ3v) is 5.75. The molecular weight excluding hydrogens is 338 g/mol. The zero-order valence-corrected chi connectivity index (χ0v) is 15.1. The number of H-pyrrole nitrogens is 1. The lowest BCUT2D eigenvalue weighted by atomic mass is 9.83. The molecule has 1 fully saturated rings. The van der Waals surface area contributed by atoms with Crippen molar-refractivity contribution in [3.05, 3.63) is 72.1 Å². The fourth-order valence-electron chi connectivity index (χ4n) is 4.41. The number of nitrogens with one attached hydrogen (secondary N) is 1. The van der Waals surface area contributed by atoms with Crippen molar-refractivity contribution in [1.82, 2.24) is 14.5 Å². The topological polar surface area (TPSA) is 58.1 Å². The van der Waals surface area contributed by atoms with Crippen LogP contribution in [0.3, 0.4) is 0 Å². The Hall–Kier alpha value is -3.34. The van der Waals surface area contributed by atoms with Gasteiger partial charge in [0.1, 0.15) is 0 Å². The van der Waals surface area contributed by atoms with E-state index in [-0.39, 0.29) is 11.8 Å². The van der Waals surface area contributed by atoms with Gasteiger partial charge in [-0.2, -0.15) is 0 Å². The highest BCUT2D eigenvalue weighted by molar-refractivity contribution is 6.12. The second-order valence-corrected chi connectivity index (χ2v) is 7.19. The second kappa shape index (κ2) is 5.58. The van der Waals surface area contributed by atoms with Crippen LogP contribution in [-0.2, 0) is 16.6 Å². The molecule has 1 aliphatic rings. The van der Waals surface area contributed by atoms with Gasteiger partial charge in [-0.1, -0.05) is 36.4 Å². The van der Waals surface area contributed by atoms with Crippen LogP contribution in [-0.4, -0.2) is 33.3 Å². The first-order valence-corrected chi connectivity index (χ1v) is 8.99. The molecule has 27 heavy (non-hydrogen) atoms. The molecule has 3 heterocycles. The standard InChI is InChI=1S/C22H19N3O2/c1-24-12-16(14-8-4-6-10-18(14)24)20-19(21(26)25(2)22(20)27)15-11-23-17-9-5-3-7-13(15)17/h3-12,19-20,23H,1-2H3. The number of aromatic amines is 1. The number of benzene rings is 2. The van der Waals surface area contributed by atoms with Crippen molar-refractivity contribution in [1.29, 1.82) is 0 Å². The number of amides is 2. The minimum Gasteiger partial charge on any atom is -0.361 e. The summed E-state index contributed by atoms with van der Waals surface area (Å²) in [6.45, 7) is 0. The molecule has 0 bridgehead atoms. The number of aryl methyl sites for hydroxylation is 1. The molecule has 2 unspecified atom stereocenters. The molecule has 1 N–H and O–H groups in total. The van der Waals surface area contributed by atoms with Crippen molar-refractivity contribution in [3.8, 4) is 0 Å². The van der Waals surface area contributed by atoms with Gasteiger partial charge >= 0.3 is 0 Å². The van der Waals surface area contributed by atoms with E-state index < -0.39 is 11.8 Å². The fraction of sp³-hybridized carbons (Fsp3) is 0.182. The first kappa shape index (κ1) is 15.9. The van der Waals surface area contributed by atoms with E-state index in [1.165, 1.54) is 4.90 Å². The number of carbonyl (C=O) groups excluding carboxylic acids is 2. The van der Waals surface area contributed by atoms with Gasteiger partial charge in [0, 0.05) is 48.3 Å². The Labute approximate surface area is 156 Å². The lowest BCUT2D eigenvalue weighted by molar-refractivity contribution is -0.137. The Morgan fingerprint density at radius 3 is 2.22 bits per heavy atom. The predicted molar refractivity (Wildman–Crippen MR) is 104 cm³/mol. The fourth-order valence-corrected chi connectivity index (χ4v) is 4.41. The zero-order valence-electron chi connectivity index (χ0n) is 15.1. The Morgan fingerprint density at radius 1 is 0.815 bits per heavy atom. The van der Waals surface area contributed by atoms with Crippen LogP contribution in [0.4, 0.5) is 0 Å². The third kappa shape index (κ3) is 2.11. The molecule has 5 rings (SSSR count). The number of carbonyl (C=O) groups is 2. The maximum absolute atomic E-state index is 13.1. The number of imide groups is 1. The summed E-state index contributed by atoms with van der Waals surface area (Å²) in [5.74, 6) is -1.34. The van der Waals surface area contributed by atoms with Gasteiger partial charge in [-0.3, -0.25) is 14.5 Å². The summed E-state index contributed by atoms with van der Waals surface area (Å²) < 4.78 is 2.02. The number of likely N-dealkylation sites (tertiary alicyclic amines) is 1. The van der Waals surface area contributed by atoms with Crippen LogP contribution in [0.5, 0.6) is 0 Å². The normalized spacial score (nSPS) is 20.3. The summed E-state index contributed by atoms with van der Waals surface area (Å²) in [5.41, 5.74) is 3.82. The quantitative estimate of drug-likeness (QED) is 0.558. The van der Waals surface area contributed by atoms with Crippen LogP contribution in [0, 0.1) is 0 Å². The van der Waals surface area contributed by atoms with E-state index in [1.54, 1.807) is 7.05 Å². The van der Waals surface area contributed by atoms with Crippen molar-refractivity contribution < 1.29 is 9.59 Å². The monoisotopic (exact) mass is 357 g/mol. The Morgan fingerprint density at radius 2 is 1.44 bits per heavy atom. The third-order valence-electron chi connectivity index (χ3n) is 5.75. The van der Waals surface area contributed by atoms with Gasteiger partial charge in [0.25, 0.3) is 0 Å². The molecule has 4 aromatic rings. The molecule has 0 radical (unpaired) electrons. The summed E-state index contributed by atoms with van der Waals surface area (Å²) in [7, 11) is 3.55. The highest BCUT2D eigenvalue weighted by Gasteiger charge is 2.49. The Balaban J connectivity index is 1.76. The molecule has 2 amide bonds. The number of para-hydroxylation sites is 2. The van der Waals surface area contributed by atoms with Crippen LogP contribution < -0.4 is 0 Å². The molecule has 5 nitrogen and oxygen atoms in total. The van der Waals surface area contributed by atoms with Gasteiger partial charge in [-0.05, 0) is 23.3 Å². The van der Waals surface area contributed by atoms with E-state index in [0.717, 1.165) is 32.9 Å². The number of nitrogens with zero attached hydrogens (tertiary/aromatic N) is 2. The van der Waals surface area contributed by atoms with Crippen molar-refractivity contribution in [2.24, 2.45) is 7.05 Å². The van der Waals surface area contributed by atoms with E-state index >= 15 is 0 Å². The molecule has 1 aliphatic heterocycles. The molecule has 1 saturated heterocycles. The van der Waals surface area contributed by atoms with Gasteiger partial charge in [-0.25, -0.2) is 0 Å². The molecule has 2 aromatic heterocycles. The SMILES string of the molecule is CN1C(=O)C(c2c[nH]c3ccccc23)C(c2cn(C)c3ccccc23)C1=O. The van der Waals surface area contributed by atoms with Crippen LogP contribution in [0.2, 0.25) is 0 Å². The van der Waals surface area contributed by atoms with Crippen molar-refractivity contribution >= 4 is 33.6 Å². The number of hydrogen-bond acceptors (Lipinski definition) is 2. The second-order valence-electron chi connectivity index (χ2n) is 7.19. The summed E-state index contributed by atoms with van der Waals surface area (Å²) in [4.78, 5) is 30.7. The molecular formula is C22H19N3O2. The Kier molecular flexibility index (Phi) is 3.28. The van der Waals surface area contributed by atoms with Crippen LogP contribution >= 0.6 is 0 Å². The number of fused-ring (bicyclic) bond motifs is 2. The average Bonchev–Trinajstić information content (AvgIpc) is 3.32. The van der Waals surface area contributed by atoms with E-state index in [2.05, 4.69) is 4.98 Å². The summed E-state index contributed by atoms with van der Waals surface area (Å²) >= 11 is 0. The molecule has 2 atom stereocenters. The summed E-state index contributed by atoms with van der Waals surface area (Å²) in [5, 5.41) is 2.01. The highest BCUT2D eigenvalue weighted by atomic mass is 16.2. The van der Waals surface area contributed by atoms with Gasteiger partial charge in [0.2, 0.25) is 11.8 Å². The largest absolute Gasteiger partial charge is 0.361 e. The molecule has 0 aliphatic carbocycles. The van der Waals surface area contributed by atoms with Gasteiger partial charge in [0.05, 0.1) is 11.8 Å². The minimum absolute atomic E-state index is 0.147. The molecule has 5 heteroatoms. The van der Waals surface area contributed by atoms with Gasteiger partial charge < -0.3 is 9.55 Å².